The number of nitrogens with one attached hydrogen (secondary N) is 1. The summed E-state index contributed by atoms with van der Waals surface area (Å²) in [4.78, 5) is 23.2. The molecule has 23 heavy (non-hydrogen) atoms. The molecule has 0 aromatic carbocycles. The van der Waals surface area contributed by atoms with Crippen molar-refractivity contribution in [1.29, 1.82) is 0 Å². The van der Waals surface area contributed by atoms with E-state index in [1.54, 1.807) is 18.4 Å². The van der Waals surface area contributed by atoms with Crippen LogP contribution in [0.3, 0.4) is 0 Å². The van der Waals surface area contributed by atoms with Gasteiger partial charge in [-0.15, -0.1) is 0 Å². The second-order valence-electron chi connectivity index (χ2n) is 5.41. The van der Waals surface area contributed by atoms with E-state index < -0.39 is 0 Å². The molecule has 0 atom stereocenters. The highest BCUT2D eigenvalue weighted by Crippen LogP contribution is 2.14. The van der Waals surface area contributed by atoms with Crippen molar-refractivity contribution in [3.05, 3.63) is 41.7 Å². The third-order valence-electron chi connectivity index (χ3n) is 3.37. The highest BCUT2D eigenvalue weighted by atomic mass is 16.3. The molecule has 0 fully saturated rings. The zero-order valence-corrected chi connectivity index (χ0v) is 14.0. The minimum absolute atomic E-state index is 0.221. The number of hydrogen-bond acceptors (Lipinski definition) is 5. The number of rotatable bonds is 8. The summed E-state index contributed by atoms with van der Waals surface area (Å²) in [5.41, 5.74) is 0.385. The van der Waals surface area contributed by atoms with Crippen LogP contribution in [0, 0.1) is 6.92 Å². The molecule has 6 nitrogen and oxygen atoms in total. The van der Waals surface area contributed by atoms with Gasteiger partial charge in [-0.2, -0.15) is 0 Å². The first-order valence-corrected chi connectivity index (χ1v) is 8.05. The van der Waals surface area contributed by atoms with Crippen molar-refractivity contribution < 1.29 is 9.21 Å². The predicted molar refractivity (Wildman–Crippen MR) is 89.4 cm³/mol. The van der Waals surface area contributed by atoms with E-state index in [-0.39, 0.29) is 5.91 Å². The molecule has 0 aliphatic carbocycles. The summed E-state index contributed by atoms with van der Waals surface area (Å²) >= 11 is 0. The van der Waals surface area contributed by atoms with Gasteiger partial charge in [-0.1, -0.05) is 13.8 Å². The van der Waals surface area contributed by atoms with Crippen LogP contribution in [-0.4, -0.2) is 29.0 Å². The smallest absolute Gasteiger partial charge is 0.270 e. The van der Waals surface area contributed by atoms with E-state index in [4.69, 9.17) is 4.42 Å². The normalized spacial score (nSPS) is 10.6. The zero-order chi connectivity index (χ0) is 16.7. The fraction of sp³-hybridized carbons (Fsp3) is 0.471. The van der Waals surface area contributed by atoms with Crippen LogP contribution < -0.4 is 10.2 Å². The summed E-state index contributed by atoms with van der Waals surface area (Å²) in [5, 5.41) is 2.82. The lowest BCUT2D eigenvalue weighted by Gasteiger charge is -2.23. The van der Waals surface area contributed by atoms with Crippen molar-refractivity contribution in [1.82, 2.24) is 15.3 Å². The Bertz CT molecular complexity index is 620. The van der Waals surface area contributed by atoms with Gasteiger partial charge < -0.3 is 14.6 Å². The van der Waals surface area contributed by atoms with E-state index in [0.717, 1.165) is 31.7 Å². The van der Waals surface area contributed by atoms with Crippen molar-refractivity contribution in [2.75, 3.05) is 18.0 Å². The summed E-state index contributed by atoms with van der Waals surface area (Å²) in [6, 6.07) is 5.37. The van der Waals surface area contributed by atoms with Gasteiger partial charge in [-0.3, -0.25) is 4.79 Å². The molecule has 0 spiro atoms. The van der Waals surface area contributed by atoms with Crippen molar-refractivity contribution in [2.24, 2.45) is 0 Å². The Morgan fingerprint density at radius 2 is 2.00 bits per heavy atom. The maximum absolute atomic E-state index is 12.3. The Kier molecular flexibility index (Phi) is 6.14. The first-order valence-electron chi connectivity index (χ1n) is 8.05. The van der Waals surface area contributed by atoms with Crippen molar-refractivity contribution in [3.63, 3.8) is 0 Å². The molecule has 0 unspecified atom stereocenters. The highest BCUT2D eigenvalue weighted by Gasteiger charge is 2.14. The fourth-order valence-electron chi connectivity index (χ4n) is 2.38. The quantitative estimate of drug-likeness (QED) is 0.810. The molecule has 0 saturated heterocycles. The SMILES string of the molecule is CCCN(CCC)c1cc(C(=O)NCc2ccco2)nc(C)n1. The maximum Gasteiger partial charge on any atom is 0.270 e. The van der Waals surface area contributed by atoms with Crippen LogP contribution in [0.4, 0.5) is 5.82 Å². The Morgan fingerprint density at radius 3 is 2.61 bits per heavy atom. The number of nitrogens with zero attached hydrogens (tertiary/aromatic N) is 3. The number of furan rings is 1. The van der Waals surface area contributed by atoms with E-state index in [1.807, 2.05) is 13.0 Å². The Hall–Kier alpha value is -2.37. The van der Waals surface area contributed by atoms with E-state index in [0.29, 0.717) is 23.8 Å². The van der Waals surface area contributed by atoms with Crippen LogP contribution in [0.5, 0.6) is 0 Å². The molecule has 0 saturated carbocycles. The molecule has 0 aliphatic rings. The van der Waals surface area contributed by atoms with Crippen LogP contribution in [-0.2, 0) is 6.54 Å². The summed E-state index contributed by atoms with van der Waals surface area (Å²) in [7, 11) is 0. The maximum atomic E-state index is 12.3. The molecule has 0 aliphatic heterocycles. The minimum Gasteiger partial charge on any atom is -0.467 e. The number of anilines is 1. The van der Waals surface area contributed by atoms with Gasteiger partial charge >= 0.3 is 0 Å². The van der Waals surface area contributed by atoms with Gasteiger partial charge in [-0.25, -0.2) is 9.97 Å². The number of aromatic nitrogens is 2. The summed E-state index contributed by atoms with van der Waals surface area (Å²) in [6.45, 7) is 8.25. The third-order valence-corrected chi connectivity index (χ3v) is 3.37. The van der Waals surface area contributed by atoms with Gasteiger partial charge in [0.05, 0.1) is 12.8 Å². The van der Waals surface area contributed by atoms with Crippen LogP contribution in [0.2, 0.25) is 0 Å². The molecule has 2 aromatic heterocycles. The van der Waals surface area contributed by atoms with Crippen LogP contribution >= 0.6 is 0 Å². The molecule has 0 bridgehead atoms. The molecule has 1 amide bonds. The number of amides is 1. The van der Waals surface area contributed by atoms with Gasteiger partial charge in [-0.05, 0) is 31.9 Å². The Morgan fingerprint density at radius 1 is 1.26 bits per heavy atom. The fourth-order valence-corrected chi connectivity index (χ4v) is 2.38. The van der Waals surface area contributed by atoms with E-state index in [1.165, 1.54) is 0 Å². The van der Waals surface area contributed by atoms with Crippen molar-refractivity contribution in [3.8, 4) is 0 Å². The molecular formula is C17H24N4O2. The van der Waals surface area contributed by atoms with Crippen LogP contribution in [0.15, 0.2) is 28.9 Å². The standard InChI is InChI=1S/C17H24N4O2/c1-4-8-21(9-5-2)16-11-15(19-13(3)20-16)17(22)18-12-14-7-6-10-23-14/h6-7,10-11H,4-5,8-9,12H2,1-3H3,(H,18,22). The predicted octanol–water partition coefficient (Wildman–Crippen LogP) is 2.93. The first-order chi connectivity index (χ1) is 11.1. The number of aryl methyl sites for hydroxylation is 1. The van der Waals surface area contributed by atoms with Crippen LogP contribution in [0.25, 0.3) is 0 Å². The lowest BCUT2D eigenvalue weighted by molar-refractivity contribution is 0.0942. The molecule has 2 heterocycles. The largest absolute Gasteiger partial charge is 0.467 e. The molecule has 124 valence electrons. The zero-order valence-electron chi connectivity index (χ0n) is 14.0. The van der Waals surface area contributed by atoms with Gasteiger partial charge in [0.25, 0.3) is 5.91 Å². The van der Waals surface area contributed by atoms with Gasteiger partial charge in [0.2, 0.25) is 0 Å². The number of carbonyl (C=O) groups is 1. The molecular weight excluding hydrogens is 292 g/mol. The summed E-state index contributed by atoms with van der Waals surface area (Å²) < 4.78 is 5.21. The average Bonchev–Trinajstić information content (AvgIpc) is 3.05. The van der Waals surface area contributed by atoms with E-state index in [9.17, 15) is 4.79 Å². The molecule has 0 radical (unpaired) electrons. The molecule has 6 heteroatoms. The molecule has 2 rings (SSSR count). The number of carbonyl (C=O) groups excluding carboxylic acids is 1. The lowest BCUT2D eigenvalue weighted by Crippen LogP contribution is -2.28. The molecule has 1 N–H and O–H groups in total. The monoisotopic (exact) mass is 316 g/mol. The number of hydrogen-bond donors (Lipinski definition) is 1. The average molecular weight is 316 g/mol. The van der Waals surface area contributed by atoms with Crippen molar-refractivity contribution >= 4 is 11.7 Å². The lowest BCUT2D eigenvalue weighted by atomic mass is 10.3. The summed E-state index contributed by atoms with van der Waals surface area (Å²) in [6.07, 6.45) is 3.65. The van der Waals surface area contributed by atoms with Crippen LogP contribution in [0.1, 0.15) is 48.8 Å². The van der Waals surface area contributed by atoms with Gasteiger partial charge in [0.15, 0.2) is 0 Å². The van der Waals surface area contributed by atoms with E-state index in [2.05, 4.69) is 34.0 Å². The van der Waals surface area contributed by atoms with Gasteiger partial charge in [0.1, 0.15) is 23.1 Å². The summed E-state index contributed by atoms with van der Waals surface area (Å²) in [5.74, 6) is 1.90. The second kappa shape index (κ2) is 8.31. The second-order valence-corrected chi connectivity index (χ2v) is 5.41. The van der Waals surface area contributed by atoms with E-state index >= 15 is 0 Å². The van der Waals surface area contributed by atoms with Gasteiger partial charge in [0, 0.05) is 19.2 Å². The third kappa shape index (κ3) is 4.81. The topological polar surface area (TPSA) is 71.3 Å². The first kappa shape index (κ1) is 17.0. The minimum atomic E-state index is -0.221. The van der Waals surface area contributed by atoms with Crippen molar-refractivity contribution in [2.45, 2.75) is 40.2 Å². The Balaban J connectivity index is 2.13. The Labute approximate surface area is 136 Å². The highest BCUT2D eigenvalue weighted by molar-refractivity contribution is 5.92. The molecule has 2 aromatic rings.